The summed E-state index contributed by atoms with van der Waals surface area (Å²) in [5.74, 6) is 1.20. The summed E-state index contributed by atoms with van der Waals surface area (Å²) in [4.78, 5) is 4.37. The van der Waals surface area contributed by atoms with Gasteiger partial charge in [-0.3, -0.25) is 0 Å². The van der Waals surface area contributed by atoms with Crippen molar-refractivity contribution in [1.82, 2.24) is 14.9 Å². The predicted molar refractivity (Wildman–Crippen MR) is 56.5 cm³/mol. The van der Waals surface area contributed by atoms with Gasteiger partial charge in [0.15, 0.2) is 0 Å². The van der Waals surface area contributed by atoms with E-state index in [2.05, 4.69) is 37.5 Å². The minimum atomic E-state index is 0.932. The van der Waals surface area contributed by atoms with Crippen LogP contribution in [0.2, 0.25) is 0 Å². The Morgan fingerprint density at radius 2 is 2.58 bits per heavy atom. The lowest BCUT2D eigenvalue weighted by molar-refractivity contribution is 0.495. The van der Waals surface area contributed by atoms with Crippen molar-refractivity contribution in [1.29, 1.82) is 0 Å². The van der Waals surface area contributed by atoms with Crippen LogP contribution in [0, 0.1) is 0 Å². The summed E-state index contributed by atoms with van der Waals surface area (Å²) in [6.45, 7) is 3.10. The predicted octanol–water partition coefficient (Wildman–Crippen LogP) is 0.964. The molecule has 0 aromatic carbocycles. The molecule has 3 nitrogen and oxygen atoms in total. The van der Waals surface area contributed by atoms with Crippen molar-refractivity contribution in [3.63, 3.8) is 0 Å². The van der Waals surface area contributed by atoms with Gasteiger partial charge < -0.3 is 9.88 Å². The summed E-state index contributed by atoms with van der Waals surface area (Å²) >= 11 is 2.41. The molecule has 4 heteroatoms. The summed E-state index contributed by atoms with van der Waals surface area (Å²) in [5.41, 5.74) is 1.39. The molecule has 0 radical (unpaired) electrons. The number of nitrogens with one attached hydrogen (secondary N) is 1. The molecular weight excluding hydrogens is 265 g/mol. The van der Waals surface area contributed by atoms with E-state index >= 15 is 0 Å². The van der Waals surface area contributed by atoms with E-state index in [4.69, 9.17) is 0 Å². The van der Waals surface area contributed by atoms with Gasteiger partial charge in [0.05, 0.1) is 6.54 Å². The van der Waals surface area contributed by atoms with Crippen LogP contribution in [-0.2, 0) is 19.5 Å². The highest BCUT2D eigenvalue weighted by Gasteiger charge is 2.12. The molecule has 2 rings (SSSR count). The summed E-state index contributed by atoms with van der Waals surface area (Å²) < 4.78 is 3.52. The lowest BCUT2D eigenvalue weighted by atomic mass is 10.3. The Morgan fingerprint density at radius 3 is 3.42 bits per heavy atom. The zero-order valence-electron chi connectivity index (χ0n) is 6.89. The first kappa shape index (κ1) is 8.50. The van der Waals surface area contributed by atoms with Gasteiger partial charge in [-0.1, -0.05) is 22.6 Å². The average Bonchev–Trinajstić information content (AvgIpc) is 2.50. The van der Waals surface area contributed by atoms with E-state index in [1.807, 2.05) is 6.20 Å². The first-order chi connectivity index (χ1) is 5.92. The van der Waals surface area contributed by atoms with Crippen LogP contribution in [0.15, 0.2) is 6.20 Å². The van der Waals surface area contributed by atoms with Gasteiger partial charge in [0.25, 0.3) is 0 Å². The Balaban J connectivity index is 2.25. The SMILES string of the molecule is ICCc1cnc2n1CCNC2. The number of aryl methyl sites for hydroxylation is 1. The second kappa shape index (κ2) is 3.74. The summed E-state index contributed by atoms with van der Waals surface area (Å²) in [6, 6.07) is 0. The van der Waals surface area contributed by atoms with Crippen molar-refractivity contribution in [2.75, 3.05) is 11.0 Å². The quantitative estimate of drug-likeness (QED) is 0.644. The van der Waals surface area contributed by atoms with Crippen LogP contribution >= 0.6 is 22.6 Å². The third-order valence-electron chi connectivity index (χ3n) is 2.17. The molecule has 0 spiro atoms. The maximum atomic E-state index is 4.37. The van der Waals surface area contributed by atoms with Crippen molar-refractivity contribution >= 4 is 22.6 Å². The maximum Gasteiger partial charge on any atom is 0.122 e. The van der Waals surface area contributed by atoms with Crippen molar-refractivity contribution in [2.45, 2.75) is 19.5 Å². The van der Waals surface area contributed by atoms with Crippen molar-refractivity contribution in [3.05, 3.63) is 17.7 Å². The van der Waals surface area contributed by atoms with Crippen LogP contribution in [0.1, 0.15) is 11.5 Å². The van der Waals surface area contributed by atoms with E-state index < -0.39 is 0 Å². The summed E-state index contributed by atoms with van der Waals surface area (Å²) in [5, 5.41) is 3.31. The number of halogens is 1. The Morgan fingerprint density at radius 1 is 1.67 bits per heavy atom. The number of aromatic nitrogens is 2. The van der Waals surface area contributed by atoms with Gasteiger partial charge in [-0.25, -0.2) is 4.98 Å². The number of hydrogen-bond acceptors (Lipinski definition) is 2. The topological polar surface area (TPSA) is 29.9 Å². The molecule has 0 aliphatic carbocycles. The van der Waals surface area contributed by atoms with Gasteiger partial charge in [-0.2, -0.15) is 0 Å². The number of hydrogen-bond donors (Lipinski definition) is 1. The molecule has 1 aromatic heterocycles. The van der Waals surface area contributed by atoms with Crippen LogP contribution in [0.4, 0.5) is 0 Å². The van der Waals surface area contributed by atoms with Crippen LogP contribution in [0.25, 0.3) is 0 Å². The highest BCUT2D eigenvalue weighted by Crippen LogP contribution is 2.09. The second-order valence-corrected chi connectivity index (χ2v) is 4.01. The molecule has 1 aliphatic heterocycles. The smallest absolute Gasteiger partial charge is 0.122 e. The second-order valence-electron chi connectivity index (χ2n) is 2.93. The van der Waals surface area contributed by atoms with Crippen LogP contribution in [0.5, 0.6) is 0 Å². The lowest BCUT2D eigenvalue weighted by Gasteiger charge is -2.17. The molecule has 0 atom stereocenters. The van der Waals surface area contributed by atoms with Gasteiger partial charge in [0, 0.05) is 29.4 Å². The van der Waals surface area contributed by atoms with E-state index in [1.54, 1.807) is 0 Å². The standard InChI is InChI=1S/C8H12IN3/c9-2-1-7-5-11-8-6-10-3-4-12(7)8/h5,10H,1-4,6H2. The number of alkyl halides is 1. The van der Waals surface area contributed by atoms with Crippen molar-refractivity contribution in [3.8, 4) is 0 Å². The fourth-order valence-corrected chi connectivity index (χ4v) is 2.11. The Hall–Kier alpha value is -0.100. The highest BCUT2D eigenvalue weighted by molar-refractivity contribution is 14.1. The summed E-state index contributed by atoms with van der Waals surface area (Å²) in [6.07, 6.45) is 3.16. The first-order valence-corrected chi connectivity index (χ1v) is 5.74. The fourth-order valence-electron chi connectivity index (χ4n) is 1.56. The zero-order chi connectivity index (χ0) is 8.39. The van der Waals surface area contributed by atoms with Crippen LogP contribution in [0.3, 0.4) is 0 Å². The average molecular weight is 277 g/mol. The van der Waals surface area contributed by atoms with Gasteiger partial charge in [-0.05, 0) is 6.42 Å². The largest absolute Gasteiger partial charge is 0.330 e. The minimum Gasteiger partial charge on any atom is -0.330 e. The number of imidazole rings is 1. The molecule has 0 saturated carbocycles. The van der Waals surface area contributed by atoms with E-state index in [0.29, 0.717) is 0 Å². The van der Waals surface area contributed by atoms with Gasteiger partial charge >= 0.3 is 0 Å². The molecule has 0 saturated heterocycles. The van der Waals surface area contributed by atoms with Gasteiger partial charge in [0.2, 0.25) is 0 Å². The van der Waals surface area contributed by atoms with Gasteiger partial charge in [0.1, 0.15) is 5.82 Å². The molecule has 0 amide bonds. The molecule has 12 heavy (non-hydrogen) atoms. The summed E-state index contributed by atoms with van der Waals surface area (Å²) in [7, 11) is 0. The normalized spacial score (nSPS) is 16.1. The van der Waals surface area contributed by atoms with E-state index in [9.17, 15) is 0 Å². The molecule has 1 aromatic rings. The molecule has 66 valence electrons. The van der Waals surface area contributed by atoms with Crippen molar-refractivity contribution in [2.24, 2.45) is 0 Å². The lowest BCUT2D eigenvalue weighted by Crippen LogP contribution is -2.29. The van der Waals surface area contributed by atoms with E-state index in [1.165, 1.54) is 15.9 Å². The highest BCUT2D eigenvalue weighted by atomic mass is 127. The van der Waals surface area contributed by atoms with E-state index in [0.717, 1.165) is 26.1 Å². The zero-order valence-corrected chi connectivity index (χ0v) is 9.04. The Labute approximate surface area is 85.7 Å². The molecule has 0 unspecified atom stereocenters. The maximum absolute atomic E-state index is 4.37. The number of nitrogens with zero attached hydrogens (tertiary/aromatic N) is 2. The fraction of sp³-hybridized carbons (Fsp3) is 0.625. The van der Waals surface area contributed by atoms with Crippen molar-refractivity contribution < 1.29 is 0 Å². The Bertz CT molecular complexity index is 269. The number of fused-ring (bicyclic) bond motifs is 1. The number of rotatable bonds is 2. The monoisotopic (exact) mass is 277 g/mol. The van der Waals surface area contributed by atoms with Gasteiger partial charge in [-0.15, -0.1) is 0 Å². The third kappa shape index (κ3) is 1.50. The molecule has 1 aliphatic rings. The molecule has 1 N–H and O–H groups in total. The molecule has 2 heterocycles. The third-order valence-corrected chi connectivity index (χ3v) is 2.71. The van der Waals surface area contributed by atoms with E-state index in [-0.39, 0.29) is 0 Å². The molecule has 0 bridgehead atoms. The Kier molecular flexibility index (Phi) is 2.65. The first-order valence-electron chi connectivity index (χ1n) is 4.22. The van der Waals surface area contributed by atoms with Crippen LogP contribution < -0.4 is 5.32 Å². The minimum absolute atomic E-state index is 0.932. The van der Waals surface area contributed by atoms with Crippen LogP contribution in [-0.4, -0.2) is 20.5 Å². The molecular formula is C8H12IN3. The molecule has 0 fully saturated rings.